The van der Waals surface area contributed by atoms with Crippen molar-refractivity contribution in [1.29, 1.82) is 0 Å². The average Bonchev–Trinajstić information content (AvgIpc) is 2.19. The quantitative estimate of drug-likeness (QED) is 0.500. The Kier molecular flexibility index (Phi) is 2.17. The van der Waals surface area contributed by atoms with Crippen molar-refractivity contribution in [3.8, 4) is 5.19 Å². The lowest BCUT2D eigenvalue weighted by Gasteiger charge is -1.90. The first-order valence-corrected chi connectivity index (χ1v) is 3.44. The Morgan fingerprint density at radius 2 is 2.88 bits per heavy atom. The maximum Gasteiger partial charge on any atom is 0.274 e. The molecule has 0 aliphatic carbocycles. The van der Waals surface area contributed by atoms with Crippen LogP contribution in [0.15, 0.2) is 6.20 Å². The molecule has 0 aliphatic heterocycles. The van der Waals surface area contributed by atoms with Gasteiger partial charge in [-0.15, -0.1) is 12.6 Å². The molecule has 0 atom stereocenters. The summed E-state index contributed by atoms with van der Waals surface area (Å²) in [6.45, 7) is 0. The molecular formula is C4H4NOS2. The number of rotatable bonds is 2. The number of nitrogens with zero attached hydrogens (tertiary/aromatic N) is 1. The van der Waals surface area contributed by atoms with E-state index in [0.717, 1.165) is 0 Å². The Morgan fingerprint density at radius 1 is 2.00 bits per heavy atom. The Morgan fingerprint density at radius 3 is 3.38 bits per heavy atom. The molecule has 4 heteroatoms. The summed E-state index contributed by atoms with van der Waals surface area (Å²) in [5, 5.41) is 3.41. The highest BCUT2D eigenvalue weighted by Gasteiger charge is 1.89. The normalized spacial score (nSPS) is 9.12. The molecule has 0 aliphatic rings. The summed E-state index contributed by atoms with van der Waals surface area (Å²) in [4.78, 5) is 3.80. The van der Waals surface area contributed by atoms with Crippen molar-refractivity contribution in [2.24, 2.45) is 0 Å². The van der Waals surface area contributed by atoms with Crippen LogP contribution in [0.1, 0.15) is 0 Å². The SMILES string of the molecule is SCOc1nc[c]s1. The summed E-state index contributed by atoms with van der Waals surface area (Å²) in [6, 6.07) is 0. The summed E-state index contributed by atoms with van der Waals surface area (Å²) in [5.41, 5.74) is 0. The van der Waals surface area contributed by atoms with Gasteiger partial charge in [-0.25, -0.2) is 4.98 Å². The fraction of sp³-hybridized carbons (Fsp3) is 0.250. The van der Waals surface area contributed by atoms with Crippen LogP contribution in [-0.4, -0.2) is 10.9 Å². The van der Waals surface area contributed by atoms with Crippen LogP contribution in [0.3, 0.4) is 0 Å². The van der Waals surface area contributed by atoms with Crippen molar-refractivity contribution >= 4 is 24.0 Å². The van der Waals surface area contributed by atoms with E-state index in [-0.39, 0.29) is 0 Å². The molecular weight excluding hydrogens is 142 g/mol. The van der Waals surface area contributed by atoms with Gasteiger partial charge < -0.3 is 4.74 Å². The van der Waals surface area contributed by atoms with Crippen LogP contribution in [0.4, 0.5) is 0 Å². The standard InChI is InChI=1S/C4H4NOS2/c7-3-6-4-5-1-2-8-4/h1,7H,3H2. The number of hydrogen-bond acceptors (Lipinski definition) is 4. The van der Waals surface area contributed by atoms with E-state index < -0.39 is 0 Å². The van der Waals surface area contributed by atoms with Crippen LogP contribution in [0.5, 0.6) is 5.19 Å². The lowest BCUT2D eigenvalue weighted by molar-refractivity contribution is 0.392. The smallest absolute Gasteiger partial charge is 0.274 e. The van der Waals surface area contributed by atoms with Crippen molar-refractivity contribution in [2.75, 3.05) is 5.94 Å². The molecule has 2 nitrogen and oxygen atoms in total. The molecule has 0 bridgehead atoms. The maximum atomic E-state index is 4.89. The van der Waals surface area contributed by atoms with Crippen LogP contribution in [-0.2, 0) is 0 Å². The second kappa shape index (κ2) is 2.94. The summed E-state index contributed by atoms with van der Waals surface area (Å²) < 4.78 is 4.89. The predicted octanol–water partition coefficient (Wildman–Crippen LogP) is 1.21. The van der Waals surface area contributed by atoms with Gasteiger partial charge in [-0.1, -0.05) is 11.3 Å². The van der Waals surface area contributed by atoms with Gasteiger partial charge in [0.05, 0.1) is 11.6 Å². The van der Waals surface area contributed by atoms with Gasteiger partial charge in [0.1, 0.15) is 5.94 Å². The van der Waals surface area contributed by atoms with Gasteiger partial charge in [0.25, 0.3) is 5.19 Å². The van der Waals surface area contributed by atoms with E-state index >= 15 is 0 Å². The molecule has 1 aromatic heterocycles. The Bertz CT molecular complexity index is 140. The topological polar surface area (TPSA) is 22.1 Å². The summed E-state index contributed by atoms with van der Waals surface area (Å²) in [6.07, 6.45) is 1.57. The molecule has 0 amide bonds. The summed E-state index contributed by atoms with van der Waals surface area (Å²) in [7, 11) is 0. The van der Waals surface area contributed by atoms with Gasteiger partial charge in [0.2, 0.25) is 0 Å². The molecule has 1 rings (SSSR count). The molecule has 0 unspecified atom stereocenters. The Balaban J connectivity index is 2.50. The van der Waals surface area contributed by atoms with E-state index in [4.69, 9.17) is 4.74 Å². The minimum atomic E-state index is 0.376. The second-order valence-electron chi connectivity index (χ2n) is 1.02. The molecule has 0 N–H and O–H groups in total. The van der Waals surface area contributed by atoms with Gasteiger partial charge in [0.15, 0.2) is 0 Å². The summed E-state index contributed by atoms with van der Waals surface area (Å²) >= 11 is 5.18. The summed E-state index contributed by atoms with van der Waals surface area (Å²) in [5.74, 6) is 0.376. The third kappa shape index (κ3) is 1.38. The van der Waals surface area contributed by atoms with Crippen molar-refractivity contribution in [3.05, 3.63) is 11.6 Å². The number of ether oxygens (including phenoxy) is 1. The number of thiazole rings is 1. The largest absolute Gasteiger partial charge is 0.459 e. The minimum absolute atomic E-state index is 0.376. The molecule has 0 spiro atoms. The van der Waals surface area contributed by atoms with Crippen LogP contribution in [0, 0.1) is 5.38 Å². The molecule has 0 saturated heterocycles. The Hall–Kier alpha value is -0.220. The first kappa shape index (κ1) is 5.91. The van der Waals surface area contributed by atoms with Crippen LogP contribution >= 0.6 is 24.0 Å². The van der Waals surface area contributed by atoms with Gasteiger partial charge in [-0.05, 0) is 0 Å². The lowest BCUT2D eigenvalue weighted by atomic mass is 11.0. The Labute approximate surface area is 56.9 Å². The van der Waals surface area contributed by atoms with Crippen LogP contribution in [0.25, 0.3) is 0 Å². The molecule has 1 radical (unpaired) electrons. The van der Waals surface area contributed by atoms with Gasteiger partial charge in [0, 0.05) is 0 Å². The molecule has 1 aromatic rings. The monoisotopic (exact) mass is 146 g/mol. The molecule has 0 fully saturated rings. The van der Waals surface area contributed by atoms with Crippen molar-refractivity contribution in [3.63, 3.8) is 0 Å². The van der Waals surface area contributed by atoms with Crippen LogP contribution in [0.2, 0.25) is 0 Å². The first-order valence-electron chi connectivity index (χ1n) is 1.99. The number of hydrogen-bond donors (Lipinski definition) is 1. The highest BCUT2D eigenvalue weighted by Crippen LogP contribution is 2.12. The number of thiol groups is 1. The van der Waals surface area contributed by atoms with Crippen LogP contribution < -0.4 is 4.74 Å². The van der Waals surface area contributed by atoms with Gasteiger partial charge in [-0.2, -0.15) is 0 Å². The highest BCUT2D eigenvalue weighted by atomic mass is 32.1. The minimum Gasteiger partial charge on any atom is -0.459 e. The molecule has 1 heterocycles. The molecule has 8 heavy (non-hydrogen) atoms. The van der Waals surface area contributed by atoms with Crippen molar-refractivity contribution in [2.45, 2.75) is 0 Å². The van der Waals surface area contributed by atoms with E-state index in [0.29, 0.717) is 11.1 Å². The lowest BCUT2D eigenvalue weighted by Crippen LogP contribution is -1.85. The van der Waals surface area contributed by atoms with Crippen molar-refractivity contribution in [1.82, 2.24) is 4.98 Å². The number of aromatic nitrogens is 1. The van der Waals surface area contributed by atoms with E-state index in [1.165, 1.54) is 11.3 Å². The second-order valence-corrected chi connectivity index (χ2v) is 2.06. The van der Waals surface area contributed by atoms with E-state index in [1.807, 2.05) is 0 Å². The van der Waals surface area contributed by atoms with E-state index in [1.54, 1.807) is 6.20 Å². The van der Waals surface area contributed by atoms with Gasteiger partial charge >= 0.3 is 0 Å². The third-order valence-corrected chi connectivity index (χ3v) is 1.31. The van der Waals surface area contributed by atoms with Gasteiger partial charge in [-0.3, -0.25) is 0 Å². The van der Waals surface area contributed by atoms with E-state index in [2.05, 4.69) is 23.0 Å². The average molecular weight is 146 g/mol. The first-order chi connectivity index (χ1) is 3.93. The molecule has 0 saturated carbocycles. The predicted molar refractivity (Wildman–Crippen MR) is 35.4 cm³/mol. The zero-order valence-electron chi connectivity index (χ0n) is 4.00. The molecule has 43 valence electrons. The zero-order valence-corrected chi connectivity index (χ0v) is 5.71. The molecule has 0 aromatic carbocycles. The van der Waals surface area contributed by atoms with Crippen molar-refractivity contribution < 1.29 is 4.74 Å². The maximum absolute atomic E-state index is 4.89. The fourth-order valence-electron chi connectivity index (χ4n) is 0.304. The van der Waals surface area contributed by atoms with E-state index in [9.17, 15) is 0 Å². The fourth-order valence-corrected chi connectivity index (χ4v) is 0.943. The highest BCUT2D eigenvalue weighted by molar-refractivity contribution is 7.80. The zero-order chi connectivity index (χ0) is 5.82. The third-order valence-electron chi connectivity index (χ3n) is 0.557.